The van der Waals surface area contributed by atoms with Crippen LogP contribution in [0.3, 0.4) is 0 Å². The quantitative estimate of drug-likeness (QED) is 0.461. The zero-order chi connectivity index (χ0) is 19.1. The molecule has 0 spiro atoms. The highest BCUT2D eigenvalue weighted by molar-refractivity contribution is 5.96. The van der Waals surface area contributed by atoms with E-state index < -0.39 is 0 Å². The van der Waals surface area contributed by atoms with Crippen LogP contribution in [0.5, 0.6) is 0 Å². The SMILES string of the molecule is COCc1cc(C(=O)CCCc2ccccc2)ccc1-c1ccc(C)cc1. The molecule has 0 amide bonds. The molecule has 0 saturated carbocycles. The molecule has 138 valence electrons. The summed E-state index contributed by atoms with van der Waals surface area (Å²) in [5, 5.41) is 0. The Balaban J connectivity index is 1.72. The van der Waals surface area contributed by atoms with Crippen LogP contribution in [0.15, 0.2) is 72.8 Å². The Bertz CT molecular complexity index is 880. The molecule has 0 aliphatic heterocycles. The average Bonchev–Trinajstić information content (AvgIpc) is 2.70. The third-order valence-electron chi connectivity index (χ3n) is 4.80. The van der Waals surface area contributed by atoms with Crippen molar-refractivity contribution in [3.63, 3.8) is 0 Å². The normalized spacial score (nSPS) is 10.7. The van der Waals surface area contributed by atoms with Crippen LogP contribution in [-0.2, 0) is 17.8 Å². The van der Waals surface area contributed by atoms with Crippen molar-refractivity contribution in [2.24, 2.45) is 0 Å². The highest BCUT2D eigenvalue weighted by Gasteiger charge is 2.11. The van der Waals surface area contributed by atoms with Gasteiger partial charge in [-0.15, -0.1) is 0 Å². The van der Waals surface area contributed by atoms with Crippen molar-refractivity contribution < 1.29 is 9.53 Å². The van der Waals surface area contributed by atoms with Crippen LogP contribution in [0.1, 0.15) is 39.9 Å². The van der Waals surface area contributed by atoms with Crippen molar-refractivity contribution in [1.82, 2.24) is 0 Å². The first-order valence-corrected chi connectivity index (χ1v) is 9.43. The van der Waals surface area contributed by atoms with Crippen LogP contribution in [-0.4, -0.2) is 12.9 Å². The van der Waals surface area contributed by atoms with E-state index in [4.69, 9.17) is 4.74 Å². The molecule has 0 unspecified atom stereocenters. The van der Waals surface area contributed by atoms with Gasteiger partial charge in [0, 0.05) is 19.1 Å². The summed E-state index contributed by atoms with van der Waals surface area (Å²) in [4.78, 5) is 12.6. The first-order chi connectivity index (χ1) is 13.2. The van der Waals surface area contributed by atoms with E-state index in [-0.39, 0.29) is 5.78 Å². The number of Topliss-reactive ketones (excluding diaryl/α,β-unsaturated/α-hetero) is 1. The van der Waals surface area contributed by atoms with E-state index in [9.17, 15) is 4.79 Å². The van der Waals surface area contributed by atoms with Gasteiger partial charge in [0.15, 0.2) is 5.78 Å². The highest BCUT2D eigenvalue weighted by Crippen LogP contribution is 2.26. The summed E-state index contributed by atoms with van der Waals surface area (Å²) < 4.78 is 5.38. The van der Waals surface area contributed by atoms with E-state index in [0.29, 0.717) is 13.0 Å². The van der Waals surface area contributed by atoms with Gasteiger partial charge in [-0.2, -0.15) is 0 Å². The predicted octanol–water partition coefficient (Wildman–Crippen LogP) is 6.01. The van der Waals surface area contributed by atoms with Crippen LogP contribution >= 0.6 is 0 Å². The van der Waals surface area contributed by atoms with Crippen molar-refractivity contribution in [3.8, 4) is 11.1 Å². The maximum absolute atomic E-state index is 12.6. The fourth-order valence-electron chi connectivity index (χ4n) is 3.30. The van der Waals surface area contributed by atoms with E-state index in [1.165, 1.54) is 11.1 Å². The smallest absolute Gasteiger partial charge is 0.162 e. The molecule has 0 N–H and O–H groups in total. The van der Waals surface area contributed by atoms with E-state index >= 15 is 0 Å². The number of aryl methyl sites for hydroxylation is 2. The number of methoxy groups -OCH3 is 1. The maximum atomic E-state index is 12.6. The Labute approximate surface area is 161 Å². The Morgan fingerprint density at radius 3 is 2.37 bits per heavy atom. The molecular formula is C25H26O2. The minimum atomic E-state index is 0.193. The van der Waals surface area contributed by atoms with Crippen LogP contribution in [0.2, 0.25) is 0 Å². The fourth-order valence-corrected chi connectivity index (χ4v) is 3.30. The number of carbonyl (C=O) groups is 1. The second-order valence-electron chi connectivity index (χ2n) is 6.93. The standard InChI is InChI=1S/C25H26O2/c1-19-11-13-21(14-12-19)24-16-15-22(17-23(24)18-27-2)25(26)10-6-9-20-7-4-3-5-8-20/h3-5,7-8,11-17H,6,9-10,18H2,1-2H3. The topological polar surface area (TPSA) is 26.3 Å². The Morgan fingerprint density at radius 2 is 1.67 bits per heavy atom. The second kappa shape index (κ2) is 9.29. The van der Waals surface area contributed by atoms with E-state index in [0.717, 1.165) is 35.1 Å². The summed E-state index contributed by atoms with van der Waals surface area (Å²) in [6.45, 7) is 2.57. The van der Waals surface area contributed by atoms with Crippen LogP contribution < -0.4 is 0 Å². The Kier molecular flexibility index (Phi) is 6.56. The Hall–Kier alpha value is -2.71. The summed E-state index contributed by atoms with van der Waals surface area (Å²) in [7, 11) is 1.69. The molecule has 0 fully saturated rings. The number of hydrogen-bond acceptors (Lipinski definition) is 2. The molecule has 0 heterocycles. The zero-order valence-electron chi connectivity index (χ0n) is 16.1. The molecule has 2 heteroatoms. The number of benzene rings is 3. The monoisotopic (exact) mass is 358 g/mol. The van der Waals surface area contributed by atoms with Crippen molar-refractivity contribution in [1.29, 1.82) is 0 Å². The van der Waals surface area contributed by atoms with Gasteiger partial charge in [0.25, 0.3) is 0 Å². The highest BCUT2D eigenvalue weighted by atomic mass is 16.5. The van der Waals surface area contributed by atoms with E-state index in [2.05, 4.69) is 43.3 Å². The minimum Gasteiger partial charge on any atom is -0.380 e. The van der Waals surface area contributed by atoms with E-state index in [1.807, 2.05) is 36.4 Å². The third-order valence-corrected chi connectivity index (χ3v) is 4.80. The van der Waals surface area contributed by atoms with Gasteiger partial charge < -0.3 is 4.74 Å². The lowest BCUT2D eigenvalue weighted by atomic mass is 9.94. The van der Waals surface area contributed by atoms with Gasteiger partial charge in [0.05, 0.1) is 6.61 Å². The molecule has 0 saturated heterocycles. The molecule has 3 aromatic rings. The molecule has 0 bridgehead atoms. The number of rotatable bonds is 8. The number of ketones is 1. The molecular weight excluding hydrogens is 332 g/mol. The van der Waals surface area contributed by atoms with Crippen molar-refractivity contribution in [2.45, 2.75) is 32.8 Å². The lowest BCUT2D eigenvalue weighted by molar-refractivity contribution is 0.0980. The summed E-state index contributed by atoms with van der Waals surface area (Å²) in [6.07, 6.45) is 2.35. The van der Waals surface area contributed by atoms with Crippen molar-refractivity contribution >= 4 is 5.78 Å². The van der Waals surface area contributed by atoms with Gasteiger partial charge in [0.2, 0.25) is 0 Å². The van der Waals surface area contributed by atoms with Gasteiger partial charge in [-0.3, -0.25) is 4.79 Å². The predicted molar refractivity (Wildman–Crippen MR) is 111 cm³/mol. The molecule has 0 atom stereocenters. The van der Waals surface area contributed by atoms with Gasteiger partial charge in [-0.05, 0) is 48.1 Å². The number of hydrogen-bond donors (Lipinski definition) is 0. The average molecular weight is 358 g/mol. The third kappa shape index (κ3) is 5.15. The van der Waals surface area contributed by atoms with Gasteiger partial charge in [-0.25, -0.2) is 0 Å². The molecule has 0 radical (unpaired) electrons. The summed E-state index contributed by atoms with van der Waals surface area (Å²) >= 11 is 0. The van der Waals surface area contributed by atoms with Gasteiger partial charge >= 0.3 is 0 Å². The molecule has 3 aromatic carbocycles. The van der Waals surface area contributed by atoms with Gasteiger partial charge in [0.1, 0.15) is 0 Å². The number of carbonyl (C=O) groups excluding carboxylic acids is 1. The van der Waals surface area contributed by atoms with Crippen LogP contribution in [0, 0.1) is 6.92 Å². The van der Waals surface area contributed by atoms with Crippen LogP contribution in [0.25, 0.3) is 11.1 Å². The second-order valence-corrected chi connectivity index (χ2v) is 6.93. The zero-order valence-corrected chi connectivity index (χ0v) is 16.1. The fraction of sp³-hybridized carbons (Fsp3) is 0.240. The lowest BCUT2D eigenvalue weighted by Gasteiger charge is -2.12. The van der Waals surface area contributed by atoms with Crippen molar-refractivity contribution in [2.75, 3.05) is 7.11 Å². The summed E-state index contributed by atoms with van der Waals surface area (Å²) in [5.41, 5.74) is 6.60. The lowest BCUT2D eigenvalue weighted by Crippen LogP contribution is -2.03. The molecule has 0 aliphatic carbocycles. The molecule has 0 aliphatic rings. The minimum absolute atomic E-state index is 0.193. The summed E-state index contributed by atoms with van der Waals surface area (Å²) in [6, 6.07) is 24.7. The first-order valence-electron chi connectivity index (χ1n) is 9.43. The largest absolute Gasteiger partial charge is 0.380 e. The molecule has 27 heavy (non-hydrogen) atoms. The molecule has 0 aromatic heterocycles. The maximum Gasteiger partial charge on any atom is 0.162 e. The number of ether oxygens (including phenoxy) is 1. The molecule has 3 rings (SSSR count). The van der Waals surface area contributed by atoms with Crippen molar-refractivity contribution in [3.05, 3.63) is 95.1 Å². The van der Waals surface area contributed by atoms with Crippen LogP contribution in [0.4, 0.5) is 0 Å². The van der Waals surface area contributed by atoms with Gasteiger partial charge in [-0.1, -0.05) is 72.3 Å². The first kappa shape index (κ1) is 19.1. The molecule has 2 nitrogen and oxygen atoms in total. The summed E-state index contributed by atoms with van der Waals surface area (Å²) in [5.74, 6) is 0.193. The Morgan fingerprint density at radius 1 is 0.926 bits per heavy atom. The van der Waals surface area contributed by atoms with E-state index in [1.54, 1.807) is 7.11 Å².